The van der Waals surface area contributed by atoms with Crippen LogP contribution in [0.25, 0.3) is 0 Å². The number of aryl methyl sites for hydroxylation is 1. The van der Waals surface area contributed by atoms with Crippen molar-refractivity contribution in [3.05, 3.63) is 18.2 Å². The summed E-state index contributed by atoms with van der Waals surface area (Å²) in [5.41, 5.74) is -0.572. The van der Waals surface area contributed by atoms with Gasteiger partial charge in [-0.3, -0.25) is 4.79 Å². The van der Waals surface area contributed by atoms with Gasteiger partial charge >= 0.3 is 0 Å². The monoisotopic (exact) mass is 278 g/mol. The normalized spacial score (nSPS) is 26.6. The Morgan fingerprint density at radius 3 is 3.00 bits per heavy atom. The van der Waals surface area contributed by atoms with Crippen LogP contribution in [-0.4, -0.2) is 27.5 Å². The van der Waals surface area contributed by atoms with Gasteiger partial charge in [-0.05, 0) is 39.0 Å². The summed E-state index contributed by atoms with van der Waals surface area (Å²) in [6.07, 6.45) is 8.07. The second-order valence-corrected chi connectivity index (χ2v) is 5.86. The van der Waals surface area contributed by atoms with Gasteiger partial charge in [0.2, 0.25) is 0 Å². The van der Waals surface area contributed by atoms with Gasteiger partial charge in [-0.2, -0.15) is 0 Å². The zero-order chi connectivity index (χ0) is 14.6. The number of aromatic nitrogens is 2. The molecule has 4 nitrogen and oxygen atoms in total. The van der Waals surface area contributed by atoms with E-state index in [1.54, 1.807) is 6.20 Å². The number of imidazole rings is 1. The molecule has 112 valence electrons. The zero-order valence-corrected chi connectivity index (χ0v) is 12.9. The first-order valence-corrected chi connectivity index (χ1v) is 7.78. The van der Waals surface area contributed by atoms with Gasteiger partial charge in [0.15, 0.2) is 5.78 Å². The molecule has 0 bridgehead atoms. The molecule has 0 aliphatic heterocycles. The minimum Gasteiger partial charge on any atom is -0.367 e. The van der Waals surface area contributed by atoms with E-state index in [0.29, 0.717) is 18.9 Å². The lowest BCUT2D eigenvalue weighted by atomic mass is 9.75. The molecule has 0 saturated heterocycles. The minimum absolute atomic E-state index is 0.201. The van der Waals surface area contributed by atoms with Crippen molar-refractivity contribution in [2.45, 2.75) is 65.0 Å². The van der Waals surface area contributed by atoms with Crippen molar-refractivity contribution in [1.29, 1.82) is 0 Å². The maximum Gasteiger partial charge on any atom is 0.172 e. The summed E-state index contributed by atoms with van der Waals surface area (Å²) in [6, 6.07) is 0. The first-order chi connectivity index (χ1) is 9.61. The van der Waals surface area contributed by atoms with Crippen LogP contribution in [0.15, 0.2) is 12.4 Å². The highest BCUT2D eigenvalue weighted by molar-refractivity contribution is 5.88. The fourth-order valence-corrected chi connectivity index (χ4v) is 3.34. The van der Waals surface area contributed by atoms with Crippen LogP contribution in [0.1, 0.15) is 52.3 Å². The van der Waals surface area contributed by atoms with Gasteiger partial charge in [0, 0.05) is 25.5 Å². The zero-order valence-electron chi connectivity index (χ0n) is 12.9. The lowest BCUT2D eigenvalue weighted by Crippen LogP contribution is -2.46. The van der Waals surface area contributed by atoms with Crippen LogP contribution in [0.5, 0.6) is 0 Å². The molecule has 2 unspecified atom stereocenters. The fraction of sp³-hybridized carbons (Fsp3) is 0.750. The molecule has 1 aliphatic carbocycles. The number of ether oxygens (including phenoxy) is 1. The summed E-state index contributed by atoms with van der Waals surface area (Å²) in [7, 11) is 0. The van der Waals surface area contributed by atoms with Crippen molar-refractivity contribution < 1.29 is 9.53 Å². The molecule has 0 radical (unpaired) electrons. The van der Waals surface area contributed by atoms with Gasteiger partial charge in [-0.15, -0.1) is 0 Å². The highest BCUT2D eigenvalue weighted by atomic mass is 16.5. The molecule has 20 heavy (non-hydrogen) atoms. The standard InChI is InChI=1S/C16H26N2O2/c1-4-18-10-9-17-15(18)11-14(19)16(20-5-2)8-6-7-13(3)12-16/h9-10,13H,4-8,11-12H2,1-3H3. The fourth-order valence-electron chi connectivity index (χ4n) is 3.34. The van der Waals surface area contributed by atoms with E-state index in [0.717, 1.165) is 31.6 Å². The lowest BCUT2D eigenvalue weighted by molar-refractivity contribution is -0.150. The predicted molar refractivity (Wildman–Crippen MR) is 78.6 cm³/mol. The second-order valence-electron chi connectivity index (χ2n) is 5.86. The Labute approximate surface area is 121 Å². The van der Waals surface area contributed by atoms with Gasteiger partial charge in [-0.1, -0.05) is 13.3 Å². The van der Waals surface area contributed by atoms with Crippen LogP contribution in [0.3, 0.4) is 0 Å². The third-order valence-corrected chi connectivity index (χ3v) is 4.35. The third-order valence-electron chi connectivity index (χ3n) is 4.35. The van der Waals surface area contributed by atoms with Crippen molar-refractivity contribution in [2.75, 3.05) is 6.61 Å². The maximum absolute atomic E-state index is 12.8. The summed E-state index contributed by atoms with van der Waals surface area (Å²) in [5, 5.41) is 0. The first-order valence-electron chi connectivity index (χ1n) is 7.78. The van der Waals surface area contributed by atoms with Crippen molar-refractivity contribution in [3.63, 3.8) is 0 Å². The molecule has 0 amide bonds. The van der Waals surface area contributed by atoms with Gasteiger partial charge < -0.3 is 9.30 Å². The Balaban J connectivity index is 2.15. The highest BCUT2D eigenvalue weighted by Gasteiger charge is 2.42. The van der Waals surface area contributed by atoms with E-state index in [1.165, 1.54) is 6.42 Å². The molecule has 1 heterocycles. The quantitative estimate of drug-likeness (QED) is 0.803. The molecule has 0 spiro atoms. The summed E-state index contributed by atoms with van der Waals surface area (Å²) in [6.45, 7) is 7.70. The topological polar surface area (TPSA) is 44.1 Å². The van der Waals surface area contributed by atoms with E-state index in [4.69, 9.17) is 4.74 Å². The molecular weight excluding hydrogens is 252 g/mol. The number of Topliss-reactive ketones (excluding diaryl/α,β-unsaturated/α-hetero) is 1. The summed E-state index contributed by atoms with van der Waals surface area (Å²) in [5.74, 6) is 1.62. The van der Waals surface area contributed by atoms with E-state index in [1.807, 2.05) is 17.7 Å². The van der Waals surface area contributed by atoms with Crippen LogP contribution >= 0.6 is 0 Å². The number of hydrogen-bond acceptors (Lipinski definition) is 3. The lowest BCUT2D eigenvalue weighted by Gasteiger charge is -2.38. The van der Waals surface area contributed by atoms with E-state index >= 15 is 0 Å². The SMILES string of the molecule is CCOC1(C(=O)Cc2nccn2CC)CCCC(C)C1. The van der Waals surface area contributed by atoms with Crippen molar-refractivity contribution >= 4 is 5.78 Å². The average Bonchev–Trinajstić information content (AvgIpc) is 2.86. The van der Waals surface area contributed by atoms with Crippen molar-refractivity contribution in [1.82, 2.24) is 9.55 Å². The number of rotatable bonds is 6. The molecule has 1 saturated carbocycles. The number of nitrogens with zero attached hydrogens (tertiary/aromatic N) is 2. The minimum atomic E-state index is -0.572. The molecule has 1 fully saturated rings. The highest BCUT2D eigenvalue weighted by Crippen LogP contribution is 2.36. The Hall–Kier alpha value is -1.16. The van der Waals surface area contributed by atoms with Gasteiger partial charge in [-0.25, -0.2) is 4.98 Å². The number of hydrogen-bond donors (Lipinski definition) is 0. The smallest absolute Gasteiger partial charge is 0.172 e. The van der Waals surface area contributed by atoms with Crippen LogP contribution in [0.2, 0.25) is 0 Å². The summed E-state index contributed by atoms with van der Waals surface area (Å²) >= 11 is 0. The molecule has 1 aliphatic rings. The van der Waals surface area contributed by atoms with E-state index < -0.39 is 5.60 Å². The third kappa shape index (κ3) is 3.11. The van der Waals surface area contributed by atoms with Crippen LogP contribution in [-0.2, 0) is 22.5 Å². The van der Waals surface area contributed by atoms with E-state index in [2.05, 4.69) is 18.8 Å². The molecule has 0 aromatic carbocycles. The van der Waals surface area contributed by atoms with Gasteiger partial charge in [0.25, 0.3) is 0 Å². The molecule has 0 N–H and O–H groups in total. The van der Waals surface area contributed by atoms with Crippen LogP contribution in [0.4, 0.5) is 0 Å². The van der Waals surface area contributed by atoms with Gasteiger partial charge in [0.1, 0.15) is 11.4 Å². The number of ketones is 1. The van der Waals surface area contributed by atoms with Crippen molar-refractivity contribution in [3.8, 4) is 0 Å². The molecule has 1 aromatic rings. The average molecular weight is 278 g/mol. The molecule has 2 atom stereocenters. The Bertz CT molecular complexity index is 451. The van der Waals surface area contributed by atoms with E-state index in [9.17, 15) is 4.79 Å². The molecular formula is C16H26N2O2. The van der Waals surface area contributed by atoms with E-state index in [-0.39, 0.29) is 5.78 Å². The van der Waals surface area contributed by atoms with Crippen molar-refractivity contribution in [2.24, 2.45) is 5.92 Å². The molecule has 4 heteroatoms. The Morgan fingerprint density at radius 1 is 1.55 bits per heavy atom. The second kappa shape index (κ2) is 6.53. The Morgan fingerprint density at radius 2 is 2.35 bits per heavy atom. The molecule has 2 rings (SSSR count). The first kappa shape index (κ1) is 15.2. The largest absolute Gasteiger partial charge is 0.367 e. The van der Waals surface area contributed by atoms with Gasteiger partial charge in [0.05, 0.1) is 6.42 Å². The maximum atomic E-state index is 12.8. The number of carbonyl (C=O) groups is 1. The summed E-state index contributed by atoms with van der Waals surface area (Å²) < 4.78 is 7.97. The number of carbonyl (C=O) groups excluding carboxylic acids is 1. The Kier molecular flexibility index (Phi) is 4.97. The molecule has 1 aromatic heterocycles. The predicted octanol–water partition coefficient (Wildman–Crippen LogP) is 3.00. The van der Waals surface area contributed by atoms with Crippen LogP contribution in [0, 0.1) is 5.92 Å². The summed E-state index contributed by atoms with van der Waals surface area (Å²) in [4.78, 5) is 17.1. The van der Waals surface area contributed by atoms with Crippen LogP contribution < -0.4 is 0 Å².